The van der Waals surface area contributed by atoms with Gasteiger partial charge in [-0.1, -0.05) is 13.8 Å². The van der Waals surface area contributed by atoms with Crippen molar-refractivity contribution in [2.24, 2.45) is 17.8 Å². The van der Waals surface area contributed by atoms with Crippen LogP contribution in [0.4, 0.5) is 4.79 Å². The molecule has 2 fully saturated rings. The van der Waals surface area contributed by atoms with E-state index in [0.717, 1.165) is 0 Å². The molecule has 13 heteroatoms. The van der Waals surface area contributed by atoms with E-state index in [1.54, 1.807) is 10.4 Å². The summed E-state index contributed by atoms with van der Waals surface area (Å²) in [6, 6.07) is -0.956. The van der Waals surface area contributed by atoms with Crippen molar-refractivity contribution in [3.63, 3.8) is 0 Å². The molecular formula is C25H43N5O8. The van der Waals surface area contributed by atoms with E-state index in [2.05, 4.69) is 16.0 Å². The third-order valence-electron chi connectivity index (χ3n) is 6.94. The highest BCUT2D eigenvalue weighted by molar-refractivity contribution is 5.92. The van der Waals surface area contributed by atoms with Gasteiger partial charge < -0.3 is 30.7 Å². The first-order chi connectivity index (χ1) is 18.1. The van der Waals surface area contributed by atoms with Gasteiger partial charge in [-0.2, -0.15) is 0 Å². The van der Waals surface area contributed by atoms with E-state index >= 15 is 0 Å². The Bertz CT molecular complexity index is 816. The van der Waals surface area contributed by atoms with Crippen LogP contribution >= 0.6 is 0 Å². The normalized spacial score (nSPS) is 24.8. The smallest absolute Gasteiger partial charge is 0.407 e. The quantitative estimate of drug-likeness (QED) is 0.201. The molecule has 0 radical (unpaired) electrons. The topological polar surface area (TPSA) is 186 Å². The van der Waals surface area contributed by atoms with Crippen LogP contribution in [0.1, 0.15) is 65.2 Å². The van der Waals surface area contributed by atoms with Crippen molar-refractivity contribution in [1.29, 1.82) is 0 Å². The number of amides is 5. The molecule has 0 bridgehead atoms. The Morgan fingerprint density at radius 1 is 1.05 bits per heavy atom. The first kappa shape index (κ1) is 31.3. The Kier molecular flexibility index (Phi) is 13.3. The van der Waals surface area contributed by atoms with Crippen molar-refractivity contribution in [3.8, 4) is 0 Å². The predicted molar refractivity (Wildman–Crippen MR) is 136 cm³/mol. The molecule has 0 spiro atoms. The lowest BCUT2D eigenvalue weighted by atomic mass is 9.81. The number of aliphatic hydroxyl groups excluding tert-OH is 1. The number of nitrogens with zero attached hydrogens (tertiary/aromatic N) is 1. The molecular weight excluding hydrogens is 498 g/mol. The third-order valence-corrected chi connectivity index (χ3v) is 6.94. The lowest BCUT2D eigenvalue weighted by Gasteiger charge is -2.30. The average molecular weight is 542 g/mol. The molecule has 2 aliphatic rings. The van der Waals surface area contributed by atoms with Gasteiger partial charge in [0.2, 0.25) is 23.6 Å². The maximum absolute atomic E-state index is 13.5. The van der Waals surface area contributed by atoms with E-state index in [0.29, 0.717) is 58.2 Å². The van der Waals surface area contributed by atoms with Gasteiger partial charge in [0.1, 0.15) is 6.04 Å². The molecule has 2 aliphatic heterocycles. The van der Waals surface area contributed by atoms with Crippen LogP contribution in [-0.4, -0.2) is 89.9 Å². The molecule has 3 atom stereocenters. The average Bonchev–Trinajstić information content (AvgIpc) is 2.89. The van der Waals surface area contributed by atoms with Gasteiger partial charge in [-0.3, -0.25) is 24.4 Å². The zero-order valence-electron chi connectivity index (χ0n) is 22.4. The molecule has 0 aromatic rings. The number of carbonyl (C=O) groups is 5. The fraction of sp³-hybridized carbons (Fsp3) is 0.800. The third kappa shape index (κ3) is 10.4. The summed E-state index contributed by atoms with van der Waals surface area (Å²) in [4.78, 5) is 65.1. The number of cyclic esters (lactones) is 1. The Hall–Kier alpha value is -2.93. The zero-order chi connectivity index (χ0) is 28.1. The molecule has 0 aliphatic carbocycles. The van der Waals surface area contributed by atoms with Crippen molar-refractivity contribution in [3.05, 3.63) is 0 Å². The largest absolute Gasteiger partial charge is 0.450 e. The van der Waals surface area contributed by atoms with Gasteiger partial charge in [-0.05, 0) is 57.3 Å². The molecule has 0 unspecified atom stereocenters. The van der Waals surface area contributed by atoms with E-state index < -0.39 is 47.8 Å². The van der Waals surface area contributed by atoms with Crippen LogP contribution in [0.3, 0.4) is 0 Å². The summed E-state index contributed by atoms with van der Waals surface area (Å²) in [6.45, 7) is 4.77. The number of nitrogens with one attached hydrogen (secondary N) is 4. The molecule has 0 aromatic heterocycles. The summed E-state index contributed by atoms with van der Waals surface area (Å²) >= 11 is 0. The highest BCUT2D eigenvalue weighted by Gasteiger charge is 2.36. The molecule has 0 saturated carbocycles. The molecule has 0 aromatic carbocycles. The highest BCUT2D eigenvalue weighted by atomic mass is 16.5. The van der Waals surface area contributed by atoms with Crippen molar-refractivity contribution >= 4 is 29.7 Å². The van der Waals surface area contributed by atoms with E-state index in [4.69, 9.17) is 4.74 Å². The van der Waals surface area contributed by atoms with Gasteiger partial charge in [0.05, 0.1) is 25.2 Å². The number of aliphatic hydroxyl groups is 1. The van der Waals surface area contributed by atoms with Gasteiger partial charge in [-0.25, -0.2) is 10.3 Å². The number of rotatable bonds is 6. The lowest BCUT2D eigenvalue weighted by molar-refractivity contribution is -0.142. The molecule has 2 heterocycles. The second-order valence-corrected chi connectivity index (χ2v) is 10.4. The molecule has 2 saturated heterocycles. The van der Waals surface area contributed by atoms with Crippen molar-refractivity contribution < 1.29 is 39.0 Å². The fourth-order valence-electron chi connectivity index (χ4n) is 4.80. The summed E-state index contributed by atoms with van der Waals surface area (Å²) in [6.07, 6.45) is 2.05. The van der Waals surface area contributed by atoms with Crippen LogP contribution < -0.4 is 21.4 Å². The second kappa shape index (κ2) is 16.1. The SMILES string of the molecule is CC(C)C[C@H]1C(=O)N[C@H](C(=O)NCC(=O)N2CCC(O)CC2)CCCCNC(=O)OCCC[C@@H]1C(=O)NO. The van der Waals surface area contributed by atoms with Gasteiger partial charge in [0.15, 0.2) is 0 Å². The van der Waals surface area contributed by atoms with Gasteiger partial charge in [-0.15, -0.1) is 0 Å². The first-order valence-corrected chi connectivity index (χ1v) is 13.5. The Labute approximate surface area is 223 Å². The van der Waals surface area contributed by atoms with Crippen LogP contribution in [0.5, 0.6) is 0 Å². The number of hydroxylamine groups is 1. The summed E-state index contributed by atoms with van der Waals surface area (Å²) < 4.78 is 5.13. The number of likely N-dealkylation sites (tertiary alicyclic amines) is 1. The van der Waals surface area contributed by atoms with Crippen LogP contribution in [0.15, 0.2) is 0 Å². The number of carbonyl (C=O) groups excluding carboxylic acids is 5. The minimum Gasteiger partial charge on any atom is -0.450 e. The summed E-state index contributed by atoms with van der Waals surface area (Å²) in [5, 5.41) is 27.0. The summed E-state index contributed by atoms with van der Waals surface area (Å²) in [7, 11) is 0. The van der Waals surface area contributed by atoms with Gasteiger partial charge in [0, 0.05) is 25.6 Å². The first-order valence-electron chi connectivity index (χ1n) is 13.5. The zero-order valence-corrected chi connectivity index (χ0v) is 22.4. The maximum atomic E-state index is 13.5. The number of hydrogen-bond donors (Lipinski definition) is 6. The van der Waals surface area contributed by atoms with Gasteiger partial charge in [0.25, 0.3) is 0 Å². The van der Waals surface area contributed by atoms with Crippen LogP contribution in [0.2, 0.25) is 0 Å². The number of piperidine rings is 1. The van der Waals surface area contributed by atoms with E-state index in [1.807, 2.05) is 13.8 Å². The molecule has 13 nitrogen and oxygen atoms in total. The second-order valence-electron chi connectivity index (χ2n) is 10.4. The van der Waals surface area contributed by atoms with E-state index in [-0.39, 0.29) is 37.8 Å². The van der Waals surface area contributed by atoms with Crippen molar-refractivity contribution in [2.45, 2.75) is 77.4 Å². The Morgan fingerprint density at radius 3 is 2.42 bits per heavy atom. The monoisotopic (exact) mass is 541 g/mol. The van der Waals surface area contributed by atoms with Crippen LogP contribution in [0, 0.1) is 17.8 Å². The number of ether oxygens (including phenoxy) is 1. The predicted octanol–water partition coefficient (Wildman–Crippen LogP) is 0.0449. The minimum atomic E-state index is -0.956. The molecule has 6 N–H and O–H groups in total. The Balaban J connectivity index is 2.16. The molecule has 216 valence electrons. The maximum Gasteiger partial charge on any atom is 0.407 e. The summed E-state index contributed by atoms with van der Waals surface area (Å²) in [5.74, 6) is -3.71. The van der Waals surface area contributed by atoms with E-state index in [1.165, 1.54) is 0 Å². The van der Waals surface area contributed by atoms with Crippen LogP contribution in [-0.2, 0) is 23.9 Å². The lowest BCUT2D eigenvalue weighted by Crippen LogP contribution is -2.52. The molecule has 5 amide bonds. The fourth-order valence-corrected chi connectivity index (χ4v) is 4.80. The van der Waals surface area contributed by atoms with Crippen LogP contribution in [0.25, 0.3) is 0 Å². The van der Waals surface area contributed by atoms with Gasteiger partial charge >= 0.3 is 6.09 Å². The number of hydrogen-bond acceptors (Lipinski definition) is 8. The molecule has 2 rings (SSSR count). The van der Waals surface area contributed by atoms with Crippen molar-refractivity contribution in [1.82, 2.24) is 26.3 Å². The minimum absolute atomic E-state index is 0.0387. The highest BCUT2D eigenvalue weighted by Crippen LogP contribution is 2.26. The number of alkyl carbamates (subject to hydrolysis) is 1. The van der Waals surface area contributed by atoms with E-state index in [9.17, 15) is 34.3 Å². The standard InChI is InChI=1S/C25H43N5O8/c1-16(2)14-19-18(23(34)29-37)6-5-13-38-25(36)26-10-4-3-7-20(28-22(19)33)24(35)27-15-21(32)30-11-8-17(31)9-12-30/h16-20,31,37H,3-15H2,1-2H3,(H,26,36)(H,27,35)(H,28,33)(H,29,34)/t18-,19+,20-/m0/s1. The molecule has 38 heavy (non-hydrogen) atoms. The summed E-state index contributed by atoms with van der Waals surface area (Å²) in [5.41, 5.74) is 1.64. The van der Waals surface area contributed by atoms with Crippen molar-refractivity contribution in [2.75, 3.05) is 32.8 Å². The Morgan fingerprint density at radius 2 is 1.76 bits per heavy atom.